The van der Waals surface area contributed by atoms with E-state index in [1.807, 2.05) is 0 Å². The molecule has 0 aliphatic carbocycles. The number of ether oxygens (including phenoxy) is 1. The highest BCUT2D eigenvalue weighted by molar-refractivity contribution is 6.42. The van der Waals surface area contributed by atoms with Gasteiger partial charge in [0.15, 0.2) is 11.6 Å². The second-order valence-electron chi connectivity index (χ2n) is 3.60. The van der Waals surface area contributed by atoms with E-state index in [1.165, 1.54) is 30.3 Å². The van der Waals surface area contributed by atoms with Gasteiger partial charge in [0.1, 0.15) is 11.3 Å². The van der Waals surface area contributed by atoms with Crippen molar-refractivity contribution in [3.63, 3.8) is 0 Å². The first kappa shape index (κ1) is 13.6. The Bertz CT molecular complexity index is 644. The van der Waals surface area contributed by atoms with Gasteiger partial charge in [0.2, 0.25) is 0 Å². The van der Waals surface area contributed by atoms with Crippen molar-refractivity contribution in [3.8, 4) is 11.5 Å². The fraction of sp³-hybridized carbons (Fsp3) is 0. The lowest BCUT2D eigenvalue weighted by molar-refractivity contribution is 0.0693. The first-order valence-corrected chi connectivity index (χ1v) is 5.89. The molecule has 0 spiro atoms. The number of para-hydroxylation sites is 1. The summed E-state index contributed by atoms with van der Waals surface area (Å²) in [4.78, 5) is 11.0. The van der Waals surface area contributed by atoms with Crippen LogP contribution < -0.4 is 4.74 Å². The topological polar surface area (TPSA) is 46.5 Å². The molecule has 0 radical (unpaired) electrons. The third-order valence-corrected chi connectivity index (χ3v) is 3.05. The Kier molecular flexibility index (Phi) is 3.93. The molecule has 0 heterocycles. The fourth-order valence-electron chi connectivity index (χ4n) is 1.44. The van der Waals surface area contributed by atoms with Crippen molar-refractivity contribution in [2.75, 3.05) is 0 Å². The van der Waals surface area contributed by atoms with Gasteiger partial charge >= 0.3 is 5.97 Å². The first-order valence-electron chi connectivity index (χ1n) is 5.13. The molecular weight excluding hydrogens is 294 g/mol. The van der Waals surface area contributed by atoms with Gasteiger partial charge in [-0.05, 0) is 24.3 Å². The van der Waals surface area contributed by atoms with Crippen LogP contribution in [-0.2, 0) is 0 Å². The van der Waals surface area contributed by atoms with Gasteiger partial charge in [-0.15, -0.1) is 0 Å². The van der Waals surface area contributed by atoms with Crippen LogP contribution in [0.1, 0.15) is 10.4 Å². The predicted octanol–water partition coefficient (Wildman–Crippen LogP) is 4.62. The lowest BCUT2D eigenvalue weighted by Gasteiger charge is -2.10. The first-order chi connectivity index (χ1) is 8.99. The Morgan fingerprint density at radius 2 is 1.89 bits per heavy atom. The molecule has 19 heavy (non-hydrogen) atoms. The molecule has 0 aliphatic rings. The Hall–Kier alpha value is -1.78. The van der Waals surface area contributed by atoms with Crippen LogP contribution in [0.3, 0.4) is 0 Å². The van der Waals surface area contributed by atoms with Crippen molar-refractivity contribution in [1.29, 1.82) is 0 Å². The Labute approximate surface area is 118 Å². The van der Waals surface area contributed by atoms with Crippen LogP contribution in [0, 0.1) is 5.82 Å². The van der Waals surface area contributed by atoms with Crippen LogP contribution in [0.2, 0.25) is 10.0 Å². The minimum Gasteiger partial charge on any atom is -0.478 e. The van der Waals surface area contributed by atoms with Gasteiger partial charge in [0.05, 0.1) is 10.0 Å². The van der Waals surface area contributed by atoms with E-state index in [0.717, 1.165) is 6.07 Å². The normalized spacial score (nSPS) is 10.3. The van der Waals surface area contributed by atoms with Crippen LogP contribution in [0.5, 0.6) is 11.5 Å². The number of hydrogen-bond acceptors (Lipinski definition) is 2. The predicted molar refractivity (Wildman–Crippen MR) is 69.9 cm³/mol. The maximum Gasteiger partial charge on any atom is 0.339 e. The second kappa shape index (κ2) is 5.47. The third kappa shape index (κ3) is 2.97. The number of rotatable bonds is 3. The zero-order valence-corrected chi connectivity index (χ0v) is 10.9. The van der Waals surface area contributed by atoms with E-state index in [0.29, 0.717) is 5.02 Å². The number of aromatic carboxylic acids is 1. The van der Waals surface area contributed by atoms with Crippen LogP contribution >= 0.6 is 23.2 Å². The smallest absolute Gasteiger partial charge is 0.339 e. The average Bonchev–Trinajstić information content (AvgIpc) is 2.36. The third-order valence-electron chi connectivity index (χ3n) is 2.31. The highest BCUT2D eigenvalue weighted by atomic mass is 35.5. The number of carbonyl (C=O) groups is 1. The number of carboxylic acid groups (broad SMARTS) is 1. The summed E-state index contributed by atoms with van der Waals surface area (Å²) in [5.41, 5.74) is -0.272. The molecule has 0 atom stereocenters. The molecule has 0 amide bonds. The Balaban J connectivity index is 2.42. The minimum atomic E-state index is -1.28. The molecular formula is C13H7Cl2FO3. The van der Waals surface area contributed by atoms with E-state index in [1.54, 1.807) is 0 Å². The SMILES string of the molecule is O=C(O)c1cccc(F)c1Oc1ccc(Cl)c(Cl)c1. The molecule has 2 aromatic rings. The van der Waals surface area contributed by atoms with Gasteiger partial charge in [-0.2, -0.15) is 0 Å². The lowest BCUT2D eigenvalue weighted by Crippen LogP contribution is -2.01. The van der Waals surface area contributed by atoms with Gasteiger partial charge < -0.3 is 9.84 Å². The summed E-state index contributed by atoms with van der Waals surface area (Å²) < 4.78 is 18.9. The number of benzene rings is 2. The molecule has 0 saturated heterocycles. The van der Waals surface area contributed by atoms with E-state index in [9.17, 15) is 9.18 Å². The van der Waals surface area contributed by atoms with Gasteiger partial charge in [-0.1, -0.05) is 29.3 Å². The molecule has 1 N–H and O–H groups in total. The van der Waals surface area contributed by atoms with Crippen molar-refractivity contribution in [2.24, 2.45) is 0 Å². The monoisotopic (exact) mass is 300 g/mol. The van der Waals surface area contributed by atoms with Crippen LogP contribution in [-0.4, -0.2) is 11.1 Å². The van der Waals surface area contributed by atoms with E-state index in [4.69, 9.17) is 33.0 Å². The van der Waals surface area contributed by atoms with Crippen molar-refractivity contribution in [1.82, 2.24) is 0 Å². The maximum atomic E-state index is 13.6. The maximum absolute atomic E-state index is 13.6. The molecule has 2 aromatic carbocycles. The molecule has 2 rings (SSSR count). The van der Waals surface area contributed by atoms with Crippen LogP contribution in [0.4, 0.5) is 4.39 Å². The number of carboxylic acids is 1. The largest absolute Gasteiger partial charge is 0.478 e. The van der Waals surface area contributed by atoms with Gasteiger partial charge in [0, 0.05) is 6.07 Å². The van der Waals surface area contributed by atoms with Crippen molar-refractivity contribution in [2.45, 2.75) is 0 Å². The number of hydrogen-bond donors (Lipinski definition) is 1. The van der Waals surface area contributed by atoms with E-state index in [2.05, 4.69) is 0 Å². The Morgan fingerprint density at radius 3 is 2.53 bits per heavy atom. The highest BCUT2D eigenvalue weighted by Gasteiger charge is 2.16. The summed E-state index contributed by atoms with van der Waals surface area (Å²) in [6, 6.07) is 7.97. The summed E-state index contributed by atoms with van der Waals surface area (Å²) in [6.07, 6.45) is 0. The summed E-state index contributed by atoms with van der Waals surface area (Å²) >= 11 is 11.5. The van der Waals surface area contributed by atoms with E-state index < -0.39 is 11.8 Å². The van der Waals surface area contributed by atoms with Crippen molar-refractivity contribution in [3.05, 3.63) is 57.8 Å². The highest BCUT2D eigenvalue weighted by Crippen LogP contribution is 2.32. The fourth-order valence-corrected chi connectivity index (χ4v) is 1.73. The molecule has 98 valence electrons. The summed E-state index contributed by atoms with van der Waals surface area (Å²) in [6.45, 7) is 0. The average molecular weight is 301 g/mol. The summed E-state index contributed by atoms with van der Waals surface area (Å²) in [7, 11) is 0. The van der Waals surface area contributed by atoms with Gasteiger partial charge in [-0.25, -0.2) is 9.18 Å². The number of halogens is 3. The zero-order chi connectivity index (χ0) is 14.0. The molecule has 0 aliphatic heterocycles. The van der Waals surface area contributed by atoms with Crippen LogP contribution in [0.25, 0.3) is 0 Å². The standard InChI is InChI=1S/C13H7Cl2FO3/c14-9-5-4-7(6-10(9)15)19-12-8(13(17)18)2-1-3-11(12)16/h1-6H,(H,17,18). The van der Waals surface area contributed by atoms with Crippen molar-refractivity contribution >= 4 is 29.2 Å². The van der Waals surface area contributed by atoms with E-state index in [-0.39, 0.29) is 22.1 Å². The molecule has 3 nitrogen and oxygen atoms in total. The molecule has 0 fully saturated rings. The van der Waals surface area contributed by atoms with Crippen molar-refractivity contribution < 1.29 is 19.0 Å². The molecule has 0 bridgehead atoms. The van der Waals surface area contributed by atoms with Crippen LogP contribution in [0.15, 0.2) is 36.4 Å². The molecule has 6 heteroatoms. The summed E-state index contributed by atoms with van der Waals surface area (Å²) in [5, 5.41) is 9.52. The molecule has 0 unspecified atom stereocenters. The summed E-state index contributed by atoms with van der Waals surface area (Å²) in [5.74, 6) is -2.23. The molecule has 0 aromatic heterocycles. The van der Waals surface area contributed by atoms with E-state index >= 15 is 0 Å². The zero-order valence-electron chi connectivity index (χ0n) is 9.36. The minimum absolute atomic E-state index is 0.196. The van der Waals surface area contributed by atoms with Gasteiger partial charge in [-0.3, -0.25) is 0 Å². The molecule has 0 saturated carbocycles. The Morgan fingerprint density at radius 1 is 1.16 bits per heavy atom. The second-order valence-corrected chi connectivity index (χ2v) is 4.41. The quantitative estimate of drug-likeness (QED) is 0.899. The van der Waals surface area contributed by atoms with Gasteiger partial charge in [0.25, 0.3) is 0 Å². The lowest BCUT2D eigenvalue weighted by atomic mass is 10.2.